The molecule has 0 aromatic carbocycles. The summed E-state index contributed by atoms with van der Waals surface area (Å²) in [7, 11) is 0. The first-order valence-electron chi connectivity index (χ1n) is 4.70. The lowest BCUT2D eigenvalue weighted by atomic mass is 10.2. The molecule has 0 amide bonds. The number of aliphatic hydroxyl groups excluding tert-OH is 1. The van der Waals surface area contributed by atoms with Crippen LogP contribution in [-0.2, 0) is 0 Å². The molecule has 0 spiro atoms. The van der Waals surface area contributed by atoms with Crippen molar-refractivity contribution < 1.29 is 5.11 Å². The topological polar surface area (TPSA) is 32.3 Å². The van der Waals surface area contributed by atoms with Gasteiger partial charge in [0.25, 0.3) is 0 Å². The molecule has 2 atom stereocenters. The maximum Gasteiger partial charge on any atom is 0.0795 e. The minimum atomic E-state index is -0.123. The second kappa shape index (κ2) is 5.10. The summed E-state index contributed by atoms with van der Waals surface area (Å²) in [6.07, 6.45) is 1.13. The van der Waals surface area contributed by atoms with Crippen LogP contribution in [-0.4, -0.2) is 35.3 Å². The molecule has 0 saturated carbocycles. The largest absolute Gasteiger partial charge is 0.391 e. The molecule has 1 aliphatic heterocycles. The van der Waals surface area contributed by atoms with Gasteiger partial charge in [0.15, 0.2) is 0 Å². The number of thioether (sulfide) groups is 1. The summed E-state index contributed by atoms with van der Waals surface area (Å²) in [4.78, 5) is 0. The Morgan fingerprint density at radius 2 is 2.25 bits per heavy atom. The first-order valence-corrected chi connectivity index (χ1v) is 5.75. The van der Waals surface area contributed by atoms with Gasteiger partial charge in [-0.15, -0.1) is 0 Å². The minimum absolute atomic E-state index is 0.123. The van der Waals surface area contributed by atoms with Gasteiger partial charge in [-0.05, 0) is 18.1 Å². The lowest BCUT2D eigenvalue weighted by molar-refractivity contribution is 0.201. The van der Waals surface area contributed by atoms with Crippen LogP contribution in [0.15, 0.2) is 0 Å². The second-order valence-corrected chi connectivity index (χ2v) is 5.16. The van der Waals surface area contributed by atoms with Gasteiger partial charge in [0, 0.05) is 18.3 Å². The van der Waals surface area contributed by atoms with Gasteiger partial charge in [-0.1, -0.05) is 13.8 Å². The van der Waals surface area contributed by atoms with Crippen molar-refractivity contribution in [3.63, 3.8) is 0 Å². The third-order valence-corrected chi connectivity index (χ3v) is 3.54. The summed E-state index contributed by atoms with van der Waals surface area (Å²) in [5.41, 5.74) is 0. The summed E-state index contributed by atoms with van der Waals surface area (Å²) in [5, 5.41) is 13.1. The Bertz CT molecular complexity index is 130. The van der Waals surface area contributed by atoms with E-state index in [9.17, 15) is 5.11 Å². The molecule has 0 aliphatic carbocycles. The summed E-state index contributed by atoms with van der Waals surface area (Å²) in [5.74, 6) is 1.96. The van der Waals surface area contributed by atoms with Gasteiger partial charge in [0.1, 0.15) is 0 Å². The summed E-state index contributed by atoms with van der Waals surface area (Å²) < 4.78 is 0. The highest BCUT2D eigenvalue weighted by Crippen LogP contribution is 2.20. The maximum atomic E-state index is 9.47. The zero-order chi connectivity index (χ0) is 8.97. The molecule has 1 heterocycles. The Morgan fingerprint density at radius 1 is 1.50 bits per heavy atom. The molecule has 1 aliphatic rings. The molecule has 0 aromatic heterocycles. The predicted molar refractivity (Wildman–Crippen MR) is 54.6 cm³/mol. The molecule has 1 rings (SSSR count). The van der Waals surface area contributed by atoms with Crippen LogP contribution in [0.5, 0.6) is 0 Å². The van der Waals surface area contributed by atoms with Crippen molar-refractivity contribution in [1.82, 2.24) is 5.32 Å². The monoisotopic (exact) mass is 189 g/mol. The van der Waals surface area contributed by atoms with E-state index >= 15 is 0 Å². The fourth-order valence-electron chi connectivity index (χ4n) is 1.27. The van der Waals surface area contributed by atoms with E-state index in [-0.39, 0.29) is 6.10 Å². The van der Waals surface area contributed by atoms with Crippen molar-refractivity contribution in [2.75, 3.05) is 18.8 Å². The second-order valence-electron chi connectivity index (χ2n) is 3.82. The van der Waals surface area contributed by atoms with Gasteiger partial charge < -0.3 is 10.4 Å². The van der Waals surface area contributed by atoms with Crippen molar-refractivity contribution in [2.24, 2.45) is 5.92 Å². The van der Waals surface area contributed by atoms with Crippen LogP contribution in [0, 0.1) is 5.92 Å². The molecule has 0 bridgehead atoms. The van der Waals surface area contributed by atoms with E-state index in [1.165, 1.54) is 12.2 Å². The molecule has 2 unspecified atom stereocenters. The fraction of sp³-hybridized carbons (Fsp3) is 1.00. The highest BCUT2D eigenvalue weighted by atomic mass is 32.2. The predicted octanol–water partition coefficient (Wildman–Crippen LogP) is 1.10. The molecule has 1 fully saturated rings. The molecule has 12 heavy (non-hydrogen) atoms. The first-order chi connectivity index (χ1) is 5.70. The Balaban J connectivity index is 2.06. The molecule has 2 nitrogen and oxygen atoms in total. The molecule has 0 radical (unpaired) electrons. The van der Waals surface area contributed by atoms with E-state index in [4.69, 9.17) is 0 Å². The van der Waals surface area contributed by atoms with Gasteiger partial charge in [0.2, 0.25) is 0 Å². The molecule has 1 saturated heterocycles. The molecule has 0 aromatic rings. The normalized spacial score (nSPS) is 30.0. The summed E-state index contributed by atoms with van der Waals surface area (Å²) >= 11 is 1.91. The lowest BCUT2D eigenvalue weighted by Crippen LogP contribution is -2.20. The average molecular weight is 189 g/mol. The molecular formula is C9H19NOS. The minimum Gasteiger partial charge on any atom is -0.391 e. The van der Waals surface area contributed by atoms with Crippen molar-refractivity contribution in [1.29, 1.82) is 0 Å². The van der Waals surface area contributed by atoms with Crippen LogP contribution in [0.3, 0.4) is 0 Å². The zero-order valence-electron chi connectivity index (χ0n) is 7.92. The number of rotatable bonds is 4. The standard InChI is InChI=1S/C9H19NOS/c1-7(2)3-4-12-9-6-10-5-8(9)11/h7-11H,3-6H2,1-2H3. The maximum absolute atomic E-state index is 9.47. The first kappa shape index (κ1) is 10.4. The van der Waals surface area contributed by atoms with E-state index in [1.54, 1.807) is 0 Å². The van der Waals surface area contributed by atoms with Crippen LogP contribution < -0.4 is 5.32 Å². The molecule has 3 heteroatoms. The smallest absolute Gasteiger partial charge is 0.0795 e. The lowest BCUT2D eigenvalue weighted by Gasteiger charge is -2.13. The van der Waals surface area contributed by atoms with Gasteiger partial charge in [0.05, 0.1) is 6.10 Å². The van der Waals surface area contributed by atoms with Crippen molar-refractivity contribution >= 4 is 11.8 Å². The number of aliphatic hydroxyl groups is 1. The van der Waals surface area contributed by atoms with E-state index in [2.05, 4.69) is 19.2 Å². The Kier molecular flexibility index (Phi) is 4.40. The number of hydrogen-bond donors (Lipinski definition) is 2. The highest BCUT2D eigenvalue weighted by molar-refractivity contribution is 8.00. The summed E-state index contributed by atoms with van der Waals surface area (Å²) in [6.45, 7) is 6.23. The van der Waals surface area contributed by atoms with E-state index < -0.39 is 0 Å². The quantitative estimate of drug-likeness (QED) is 0.694. The number of hydrogen-bond acceptors (Lipinski definition) is 3. The molecule has 72 valence electrons. The van der Waals surface area contributed by atoms with Gasteiger partial charge >= 0.3 is 0 Å². The number of β-amino-alcohol motifs (C(OH)–C–C–N with tert-alkyl or cyclic N) is 1. The van der Waals surface area contributed by atoms with Crippen molar-refractivity contribution in [2.45, 2.75) is 31.6 Å². The zero-order valence-corrected chi connectivity index (χ0v) is 8.73. The summed E-state index contributed by atoms with van der Waals surface area (Å²) in [6, 6.07) is 0. The van der Waals surface area contributed by atoms with Gasteiger partial charge in [-0.3, -0.25) is 0 Å². The van der Waals surface area contributed by atoms with Crippen LogP contribution >= 0.6 is 11.8 Å². The van der Waals surface area contributed by atoms with Crippen molar-refractivity contribution in [3.8, 4) is 0 Å². The van der Waals surface area contributed by atoms with Crippen molar-refractivity contribution in [3.05, 3.63) is 0 Å². The Hall–Kier alpha value is 0.270. The fourth-order valence-corrected chi connectivity index (χ4v) is 2.73. The van der Waals surface area contributed by atoms with Crippen LogP contribution in [0.4, 0.5) is 0 Å². The van der Waals surface area contributed by atoms with Crippen LogP contribution in [0.2, 0.25) is 0 Å². The van der Waals surface area contributed by atoms with E-state index in [0.29, 0.717) is 5.25 Å². The average Bonchev–Trinajstić information content (AvgIpc) is 2.36. The van der Waals surface area contributed by atoms with Crippen LogP contribution in [0.1, 0.15) is 20.3 Å². The van der Waals surface area contributed by atoms with Gasteiger partial charge in [-0.2, -0.15) is 11.8 Å². The molecule has 2 N–H and O–H groups in total. The Labute approximate surface area is 79.1 Å². The third kappa shape index (κ3) is 3.33. The third-order valence-electron chi connectivity index (χ3n) is 2.16. The van der Waals surface area contributed by atoms with Crippen LogP contribution in [0.25, 0.3) is 0 Å². The van der Waals surface area contributed by atoms with Gasteiger partial charge in [-0.25, -0.2) is 0 Å². The van der Waals surface area contributed by atoms with E-state index in [0.717, 1.165) is 19.0 Å². The number of nitrogens with one attached hydrogen (secondary N) is 1. The highest BCUT2D eigenvalue weighted by Gasteiger charge is 2.24. The van der Waals surface area contributed by atoms with E-state index in [1.807, 2.05) is 11.8 Å². The Morgan fingerprint density at radius 3 is 2.75 bits per heavy atom. The SMILES string of the molecule is CC(C)CCSC1CNCC1O. The molecular weight excluding hydrogens is 170 g/mol.